The van der Waals surface area contributed by atoms with E-state index in [0.717, 1.165) is 12.1 Å². The largest absolute Gasteiger partial charge is 0.306 e. The Bertz CT molecular complexity index is 629. The van der Waals surface area contributed by atoms with Crippen molar-refractivity contribution in [3.05, 3.63) is 65.2 Å². The average molecular weight is 318 g/mol. The standard InChI is InChI=1S/C17H16ClNOS/c1-21-16-15(11-12-5-3-2-4-6-12)19(17(16)20)14-9-7-13(18)8-10-14/h2-10,15-16H,11H2,1H3/t15-,16+/m1/s1. The number of thioether (sulfide) groups is 1. The fourth-order valence-corrected chi connectivity index (χ4v) is 3.72. The lowest BCUT2D eigenvalue weighted by Gasteiger charge is -2.46. The Balaban J connectivity index is 1.84. The third kappa shape index (κ3) is 2.81. The van der Waals surface area contributed by atoms with Crippen molar-refractivity contribution in [2.75, 3.05) is 11.2 Å². The fraction of sp³-hybridized carbons (Fsp3) is 0.235. The second-order valence-electron chi connectivity index (χ2n) is 5.10. The molecular weight excluding hydrogens is 302 g/mol. The molecule has 0 radical (unpaired) electrons. The molecule has 0 N–H and O–H groups in total. The van der Waals surface area contributed by atoms with Crippen LogP contribution in [-0.2, 0) is 11.2 Å². The van der Waals surface area contributed by atoms with Crippen LogP contribution in [0.3, 0.4) is 0 Å². The van der Waals surface area contributed by atoms with Gasteiger partial charge in [0.1, 0.15) is 5.25 Å². The van der Waals surface area contributed by atoms with Gasteiger partial charge in [-0.05, 0) is 42.5 Å². The van der Waals surface area contributed by atoms with Crippen LogP contribution in [-0.4, -0.2) is 23.5 Å². The van der Waals surface area contributed by atoms with Gasteiger partial charge in [-0.15, -0.1) is 11.8 Å². The van der Waals surface area contributed by atoms with E-state index < -0.39 is 0 Å². The Hall–Kier alpha value is -1.45. The maximum absolute atomic E-state index is 12.4. The van der Waals surface area contributed by atoms with E-state index in [2.05, 4.69) is 12.1 Å². The number of benzene rings is 2. The van der Waals surface area contributed by atoms with Gasteiger partial charge in [-0.25, -0.2) is 0 Å². The normalized spacial score (nSPS) is 21.2. The number of carbonyl (C=O) groups is 1. The van der Waals surface area contributed by atoms with Gasteiger partial charge >= 0.3 is 0 Å². The molecule has 3 rings (SSSR count). The second kappa shape index (κ2) is 6.12. The van der Waals surface area contributed by atoms with Crippen LogP contribution < -0.4 is 4.90 Å². The molecule has 0 saturated carbocycles. The summed E-state index contributed by atoms with van der Waals surface area (Å²) in [6.07, 6.45) is 2.88. The lowest BCUT2D eigenvalue weighted by atomic mass is 9.93. The number of hydrogen-bond donors (Lipinski definition) is 0. The molecule has 2 nitrogen and oxygen atoms in total. The molecule has 0 aromatic heterocycles. The van der Waals surface area contributed by atoms with E-state index >= 15 is 0 Å². The van der Waals surface area contributed by atoms with Gasteiger partial charge < -0.3 is 4.90 Å². The Morgan fingerprint density at radius 3 is 2.38 bits per heavy atom. The van der Waals surface area contributed by atoms with Crippen LogP contribution in [0.1, 0.15) is 5.56 Å². The molecule has 2 aromatic rings. The van der Waals surface area contributed by atoms with Crippen LogP contribution >= 0.6 is 23.4 Å². The van der Waals surface area contributed by atoms with Crippen LogP contribution in [0.5, 0.6) is 0 Å². The summed E-state index contributed by atoms with van der Waals surface area (Å²) in [4.78, 5) is 14.2. The fourth-order valence-electron chi connectivity index (χ4n) is 2.75. The Kier molecular flexibility index (Phi) is 4.22. The number of rotatable bonds is 4. The van der Waals surface area contributed by atoms with Gasteiger partial charge in [0, 0.05) is 10.7 Å². The highest BCUT2D eigenvalue weighted by atomic mass is 35.5. The van der Waals surface area contributed by atoms with Gasteiger partial charge in [0.2, 0.25) is 5.91 Å². The number of halogens is 1. The molecule has 4 heteroatoms. The third-order valence-corrected chi connectivity index (χ3v) is 5.08. The van der Waals surface area contributed by atoms with Crippen molar-refractivity contribution in [3.8, 4) is 0 Å². The quantitative estimate of drug-likeness (QED) is 0.794. The molecule has 2 atom stereocenters. The number of nitrogens with zero attached hydrogens (tertiary/aromatic N) is 1. The van der Waals surface area contributed by atoms with Gasteiger partial charge in [-0.1, -0.05) is 41.9 Å². The molecule has 1 aliphatic heterocycles. The molecule has 21 heavy (non-hydrogen) atoms. The topological polar surface area (TPSA) is 20.3 Å². The molecule has 1 saturated heterocycles. The molecule has 2 aromatic carbocycles. The lowest BCUT2D eigenvalue weighted by molar-refractivity contribution is -0.123. The summed E-state index contributed by atoms with van der Waals surface area (Å²) in [6.45, 7) is 0. The zero-order valence-corrected chi connectivity index (χ0v) is 13.3. The van der Waals surface area contributed by atoms with E-state index in [1.54, 1.807) is 11.8 Å². The van der Waals surface area contributed by atoms with Gasteiger partial charge in [0.15, 0.2) is 0 Å². The smallest absolute Gasteiger partial charge is 0.242 e. The maximum Gasteiger partial charge on any atom is 0.242 e. The lowest BCUT2D eigenvalue weighted by Crippen LogP contribution is -2.64. The van der Waals surface area contributed by atoms with Crippen molar-refractivity contribution >= 4 is 35.0 Å². The van der Waals surface area contributed by atoms with E-state index in [-0.39, 0.29) is 17.2 Å². The second-order valence-corrected chi connectivity index (χ2v) is 6.51. The first-order valence-corrected chi connectivity index (χ1v) is 8.52. The van der Waals surface area contributed by atoms with Crippen molar-refractivity contribution in [1.82, 2.24) is 0 Å². The third-order valence-electron chi connectivity index (χ3n) is 3.81. The Labute approximate surface area is 134 Å². The molecule has 1 fully saturated rings. The van der Waals surface area contributed by atoms with Crippen molar-refractivity contribution < 1.29 is 4.79 Å². The van der Waals surface area contributed by atoms with E-state index in [4.69, 9.17) is 11.6 Å². The summed E-state index contributed by atoms with van der Waals surface area (Å²) in [7, 11) is 0. The molecule has 1 heterocycles. The molecule has 0 spiro atoms. The molecule has 0 unspecified atom stereocenters. The summed E-state index contributed by atoms with van der Waals surface area (Å²) < 4.78 is 0. The van der Waals surface area contributed by atoms with Gasteiger partial charge in [0.05, 0.1) is 6.04 Å². The summed E-state index contributed by atoms with van der Waals surface area (Å²) in [6, 6.07) is 18.0. The molecule has 0 aliphatic carbocycles. The van der Waals surface area contributed by atoms with Gasteiger partial charge in [-0.2, -0.15) is 0 Å². The van der Waals surface area contributed by atoms with E-state index in [0.29, 0.717) is 5.02 Å². The zero-order chi connectivity index (χ0) is 14.8. The van der Waals surface area contributed by atoms with Gasteiger partial charge in [-0.3, -0.25) is 4.79 Å². The Morgan fingerprint density at radius 2 is 1.76 bits per heavy atom. The van der Waals surface area contributed by atoms with Crippen LogP contribution in [0.4, 0.5) is 5.69 Å². The molecule has 108 valence electrons. The minimum Gasteiger partial charge on any atom is -0.306 e. The summed E-state index contributed by atoms with van der Waals surface area (Å²) in [5.74, 6) is 0.186. The number of hydrogen-bond acceptors (Lipinski definition) is 2. The van der Waals surface area contributed by atoms with Crippen LogP contribution in [0, 0.1) is 0 Å². The number of β-lactam (4-membered cyclic amide) rings is 1. The van der Waals surface area contributed by atoms with Crippen molar-refractivity contribution in [1.29, 1.82) is 0 Å². The van der Waals surface area contributed by atoms with Gasteiger partial charge in [0.25, 0.3) is 0 Å². The van der Waals surface area contributed by atoms with Crippen LogP contribution in [0.2, 0.25) is 5.02 Å². The Morgan fingerprint density at radius 1 is 1.10 bits per heavy atom. The summed E-state index contributed by atoms with van der Waals surface area (Å²) in [5, 5.41) is 0.730. The number of amides is 1. The van der Waals surface area contributed by atoms with E-state index in [1.807, 2.05) is 53.6 Å². The van der Waals surface area contributed by atoms with Crippen molar-refractivity contribution in [2.24, 2.45) is 0 Å². The predicted molar refractivity (Wildman–Crippen MR) is 90.2 cm³/mol. The summed E-state index contributed by atoms with van der Waals surface area (Å²) in [5.41, 5.74) is 2.18. The average Bonchev–Trinajstić information content (AvgIpc) is 2.51. The van der Waals surface area contributed by atoms with Crippen molar-refractivity contribution in [3.63, 3.8) is 0 Å². The molecule has 0 bridgehead atoms. The number of anilines is 1. The van der Waals surface area contributed by atoms with E-state index in [1.165, 1.54) is 5.56 Å². The minimum absolute atomic E-state index is 0.0425. The molecule has 1 aliphatic rings. The molecule has 1 amide bonds. The highest BCUT2D eigenvalue weighted by Crippen LogP contribution is 2.36. The minimum atomic E-state index is 0.0425. The first-order chi connectivity index (χ1) is 10.2. The summed E-state index contributed by atoms with van der Waals surface area (Å²) >= 11 is 7.56. The highest BCUT2D eigenvalue weighted by molar-refractivity contribution is 8.00. The molecular formula is C17H16ClNOS. The monoisotopic (exact) mass is 317 g/mol. The van der Waals surface area contributed by atoms with Crippen molar-refractivity contribution in [2.45, 2.75) is 17.7 Å². The van der Waals surface area contributed by atoms with Crippen LogP contribution in [0.25, 0.3) is 0 Å². The maximum atomic E-state index is 12.4. The van der Waals surface area contributed by atoms with E-state index in [9.17, 15) is 4.79 Å². The van der Waals surface area contributed by atoms with Crippen LogP contribution in [0.15, 0.2) is 54.6 Å². The predicted octanol–water partition coefficient (Wildman–Crippen LogP) is 4.03. The highest BCUT2D eigenvalue weighted by Gasteiger charge is 2.47. The zero-order valence-electron chi connectivity index (χ0n) is 11.7. The SMILES string of the molecule is CS[C@@H]1C(=O)N(c2ccc(Cl)cc2)[C@@H]1Cc1ccccc1. The first-order valence-electron chi connectivity index (χ1n) is 6.86. The number of carbonyl (C=O) groups excluding carboxylic acids is 1. The first kappa shape index (κ1) is 14.5.